The van der Waals surface area contributed by atoms with Crippen LogP contribution in [0.25, 0.3) is 0 Å². The Kier molecular flexibility index (Phi) is 4.23. The third kappa shape index (κ3) is 2.75. The lowest BCUT2D eigenvalue weighted by Crippen LogP contribution is -2.38. The molecule has 1 aliphatic heterocycles. The molecule has 1 N–H and O–H groups in total. The van der Waals surface area contributed by atoms with E-state index in [2.05, 4.69) is 0 Å². The predicted octanol–water partition coefficient (Wildman–Crippen LogP) is 2.21. The Morgan fingerprint density at radius 2 is 2.05 bits per heavy atom. The molecule has 0 bridgehead atoms. The summed E-state index contributed by atoms with van der Waals surface area (Å²) < 4.78 is 13.3. The molecule has 0 aromatic heterocycles. The van der Waals surface area contributed by atoms with Crippen LogP contribution in [0.1, 0.15) is 24.8 Å². The van der Waals surface area contributed by atoms with E-state index in [1.54, 1.807) is 17.0 Å². The molecule has 2 fully saturated rings. The number of carbonyl (C=O) groups excluding carboxylic acids is 1. The van der Waals surface area contributed by atoms with Crippen LogP contribution in [0, 0.1) is 11.7 Å². The Labute approximate surface area is 128 Å². The predicted molar refractivity (Wildman–Crippen MR) is 76.9 cm³/mol. The number of rotatable bonds is 3. The average Bonchev–Trinajstić information content (AvgIpc) is 3.08. The van der Waals surface area contributed by atoms with Gasteiger partial charge in [-0.05, 0) is 37.0 Å². The highest BCUT2D eigenvalue weighted by atomic mass is 35.5. The molecule has 4 nitrogen and oxygen atoms in total. The summed E-state index contributed by atoms with van der Waals surface area (Å²) in [6.07, 6.45) is 1.92. The van der Waals surface area contributed by atoms with Gasteiger partial charge in [-0.2, -0.15) is 0 Å². The van der Waals surface area contributed by atoms with Gasteiger partial charge in [0.05, 0.1) is 11.3 Å². The van der Waals surface area contributed by atoms with Gasteiger partial charge in [0.15, 0.2) is 0 Å². The fourth-order valence-electron chi connectivity index (χ4n) is 2.99. The van der Waals surface area contributed by atoms with Crippen molar-refractivity contribution in [3.63, 3.8) is 0 Å². The number of carboxylic acids is 1. The second-order valence-corrected chi connectivity index (χ2v) is 5.67. The molecule has 1 aliphatic carbocycles. The SMILES string of the molecule is Cl.O=C(O)C1CCN(C(=O)C2(c3cccc(F)c3)CC2)C1. The van der Waals surface area contributed by atoms with Gasteiger partial charge in [-0.3, -0.25) is 9.59 Å². The first-order valence-corrected chi connectivity index (χ1v) is 6.81. The Balaban J connectivity index is 0.00000161. The summed E-state index contributed by atoms with van der Waals surface area (Å²) in [4.78, 5) is 25.2. The summed E-state index contributed by atoms with van der Waals surface area (Å²) >= 11 is 0. The van der Waals surface area contributed by atoms with Gasteiger partial charge in [-0.25, -0.2) is 4.39 Å². The number of amides is 1. The van der Waals surface area contributed by atoms with E-state index in [4.69, 9.17) is 5.11 Å². The van der Waals surface area contributed by atoms with E-state index >= 15 is 0 Å². The van der Waals surface area contributed by atoms with E-state index in [1.807, 2.05) is 0 Å². The molecular weight excluding hydrogens is 297 g/mol. The number of likely N-dealkylation sites (tertiary alicyclic amines) is 1. The summed E-state index contributed by atoms with van der Waals surface area (Å²) in [6, 6.07) is 6.16. The highest BCUT2D eigenvalue weighted by Crippen LogP contribution is 2.50. The van der Waals surface area contributed by atoms with Gasteiger partial charge >= 0.3 is 5.97 Å². The van der Waals surface area contributed by atoms with Gasteiger partial charge < -0.3 is 10.0 Å². The lowest BCUT2D eigenvalue weighted by atomic mass is 9.94. The van der Waals surface area contributed by atoms with Gasteiger partial charge in [0.1, 0.15) is 5.82 Å². The van der Waals surface area contributed by atoms with Crippen molar-refractivity contribution in [3.8, 4) is 0 Å². The zero-order valence-corrected chi connectivity index (χ0v) is 12.2. The monoisotopic (exact) mass is 313 g/mol. The number of hydrogen-bond acceptors (Lipinski definition) is 2. The molecule has 1 heterocycles. The van der Waals surface area contributed by atoms with Crippen molar-refractivity contribution < 1.29 is 19.1 Å². The van der Waals surface area contributed by atoms with Crippen LogP contribution in [-0.4, -0.2) is 35.0 Å². The lowest BCUT2D eigenvalue weighted by molar-refractivity contribution is -0.141. The van der Waals surface area contributed by atoms with Crippen LogP contribution in [0.15, 0.2) is 24.3 Å². The normalized spacial score (nSPS) is 22.5. The molecule has 21 heavy (non-hydrogen) atoms. The number of hydrogen-bond donors (Lipinski definition) is 1. The van der Waals surface area contributed by atoms with Crippen LogP contribution in [-0.2, 0) is 15.0 Å². The van der Waals surface area contributed by atoms with E-state index in [0.29, 0.717) is 31.4 Å². The molecule has 1 unspecified atom stereocenters. The smallest absolute Gasteiger partial charge is 0.308 e. The molecule has 0 radical (unpaired) electrons. The van der Waals surface area contributed by atoms with Crippen LogP contribution < -0.4 is 0 Å². The van der Waals surface area contributed by atoms with Gasteiger partial charge in [0.25, 0.3) is 0 Å². The van der Waals surface area contributed by atoms with E-state index in [1.165, 1.54) is 12.1 Å². The molecule has 1 aromatic rings. The quantitative estimate of drug-likeness (QED) is 0.931. The Hall–Kier alpha value is -1.62. The van der Waals surface area contributed by atoms with Gasteiger partial charge in [-0.1, -0.05) is 12.1 Å². The molecule has 1 saturated heterocycles. The van der Waals surface area contributed by atoms with Crippen LogP contribution in [0.4, 0.5) is 4.39 Å². The van der Waals surface area contributed by atoms with Crippen molar-refractivity contribution in [1.29, 1.82) is 0 Å². The Morgan fingerprint density at radius 3 is 2.57 bits per heavy atom. The largest absolute Gasteiger partial charge is 0.481 e. The molecule has 3 rings (SSSR count). The van der Waals surface area contributed by atoms with Crippen molar-refractivity contribution in [2.45, 2.75) is 24.7 Å². The molecule has 1 amide bonds. The van der Waals surface area contributed by atoms with Crippen LogP contribution in [0.3, 0.4) is 0 Å². The maximum Gasteiger partial charge on any atom is 0.308 e. The summed E-state index contributed by atoms with van der Waals surface area (Å²) in [5.41, 5.74) is 0.0939. The third-order valence-electron chi connectivity index (χ3n) is 4.36. The molecule has 114 valence electrons. The molecule has 1 atom stereocenters. The molecule has 1 aromatic carbocycles. The molecule has 1 saturated carbocycles. The third-order valence-corrected chi connectivity index (χ3v) is 4.36. The highest BCUT2D eigenvalue weighted by molar-refractivity contribution is 5.92. The van der Waals surface area contributed by atoms with Crippen molar-refractivity contribution in [1.82, 2.24) is 4.90 Å². The molecule has 0 spiro atoms. The van der Waals surface area contributed by atoms with E-state index in [-0.39, 0.29) is 30.7 Å². The maximum atomic E-state index is 13.3. The standard InChI is InChI=1S/C15H16FNO3.ClH/c16-12-3-1-2-11(8-12)15(5-6-15)14(20)17-7-4-10(9-17)13(18)19;/h1-3,8,10H,4-7,9H2,(H,18,19);1H. The number of halogens is 2. The second-order valence-electron chi connectivity index (χ2n) is 5.67. The fraction of sp³-hybridized carbons (Fsp3) is 0.467. The topological polar surface area (TPSA) is 57.6 Å². The molecule has 2 aliphatic rings. The van der Waals surface area contributed by atoms with Crippen molar-refractivity contribution in [2.75, 3.05) is 13.1 Å². The minimum Gasteiger partial charge on any atom is -0.481 e. The van der Waals surface area contributed by atoms with Crippen LogP contribution >= 0.6 is 12.4 Å². The second kappa shape index (κ2) is 5.64. The maximum absolute atomic E-state index is 13.3. The molecular formula is C15H17ClFNO3. The summed E-state index contributed by atoms with van der Waals surface area (Å²) in [5, 5.41) is 9.00. The van der Waals surface area contributed by atoms with E-state index < -0.39 is 17.3 Å². The first-order chi connectivity index (χ1) is 9.53. The first-order valence-electron chi connectivity index (χ1n) is 6.81. The zero-order chi connectivity index (χ0) is 14.3. The van der Waals surface area contributed by atoms with Gasteiger partial charge in [0, 0.05) is 13.1 Å². The average molecular weight is 314 g/mol. The minimum absolute atomic E-state index is 0. The Bertz CT molecular complexity index is 574. The van der Waals surface area contributed by atoms with Gasteiger partial charge in [-0.15, -0.1) is 12.4 Å². The lowest BCUT2D eigenvalue weighted by Gasteiger charge is -2.23. The van der Waals surface area contributed by atoms with Crippen molar-refractivity contribution in [3.05, 3.63) is 35.6 Å². The number of nitrogens with zero attached hydrogens (tertiary/aromatic N) is 1. The van der Waals surface area contributed by atoms with Crippen molar-refractivity contribution in [2.24, 2.45) is 5.92 Å². The van der Waals surface area contributed by atoms with Crippen molar-refractivity contribution >= 4 is 24.3 Å². The first kappa shape index (κ1) is 15.8. The minimum atomic E-state index is -0.851. The van der Waals surface area contributed by atoms with E-state index in [9.17, 15) is 14.0 Å². The molecule has 6 heteroatoms. The van der Waals surface area contributed by atoms with Crippen LogP contribution in [0.2, 0.25) is 0 Å². The number of aliphatic carboxylic acids is 1. The number of carbonyl (C=O) groups is 2. The summed E-state index contributed by atoms with van der Waals surface area (Å²) in [5.74, 6) is -1.71. The Morgan fingerprint density at radius 1 is 1.33 bits per heavy atom. The number of carboxylic acid groups (broad SMARTS) is 1. The summed E-state index contributed by atoms with van der Waals surface area (Å²) in [6.45, 7) is 0.748. The van der Waals surface area contributed by atoms with E-state index in [0.717, 1.165) is 0 Å². The van der Waals surface area contributed by atoms with Crippen LogP contribution in [0.5, 0.6) is 0 Å². The highest BCUT2D eigenvalue weighted by Gasteiger charge is 2.54. The number of benzene rings is 1. The van der Waals surface area contributed by atoms with Gasteiger partial charge in [0.2, 0.25) is 5.91 Å². The zero-order valence-electron chi connectivity index (χ0n) is 11.4. The summed E-state index contributed by atoms with van der Waals surface area (Å²) in [7, 11) is 0. The fourth-order valence-corrected chi connectivity index (χ4v) is 2.99.